The van der Waals surface area contributed by atoms with E-state index in [2.05, 4.69) is 12.1 Å². The van der Waals surface area contributed by atoms with Gasteiger partial charge in [0.15, 0.2) is 5.76 Å². The molecule has 0 aliphatic heterocycles. The van der Waals surface area contributed by atoms with Crippen LogP contribution in [0.4, 0.5) is 0 Å². The van der Waals surface area contributed by atoms with Gasteiger partial charge in [-0.1, -0.05) is 5.16 Å². The summed E-state index contributed by atoms with van der Waals surface area (Å²) in [7, 11) is 1.60. The Kier molecular flexibility index (Phi) is 1.85. The highest BCUT2D eigenvalue weighted by Crippen LogP contribution is 2.01. The number of hydrogen-bond acceptors (Lipinski definition) is 3. The molecule has 0 bridgehead atoms. The highest BCUT2D eigenvalue weighted by molar-refractivity contribution is 5.06. The molecule has 0 fully saturated rings. The Hall–Kier alpha value is -0.830. The lowest BCUT2D eigenvalue weighted by atomic mass is 10.4. The molecule has 0 N–H and O–H groups in total. The van der Waals surface area contributed by atoms with E-state index in [1.165, 1.54) is 0 Å². The van der Waals surface area contributed by atoms with Gasteiger partial charge in [-0.25, -0.2) is 0 Å². The third-order valence-electron chi connectivity index (χ3n) is 0.894. The third-order valence-corrected chi connectivity index (χ3v) is 0.894. The molecule has 3 heteroatoms. The van der Waals surface area contributed by atoms with Crippen molar-refractivity contribution in [2.45, 2.75) is 6.61 Å². The van der Waals surface area contributed by atoms with Gasteiger partial charge < -0.3 is 9.26 Å². The average molecular weight is 126 g/mol. The summed E-state index contributed by atoms with van der Waals surface area (Å²) in [6.45, 7) is 4.02. The van der Waals surface area contributed by atoms with Gasteiger partial charge in [0.1, 0.15) is 6.61 Å². The number of aromatic nitrogens is 1. The van der Waals surface area contributed by atoms with Gasteiger partial charge >= 0.3 is 0 Å². The fraction of sp³-hybridized carbons (Fsp3) is 0.333. The maximum Gasteiger partial charge on any atom is 0.162 e. The quantitative estimate of drug-likeness (QED) is 0.593. The monoisotopic (exact) mass is 126 g/mol. The summed E-state index contributed by atoms with van der Waals surface area (Å²) in [5.41, 5.74) is 0.641. The lowest BCUT2D eigenvalue weighted by Crippen LogP contribution is -1.81. The maximum absolute atomic E-state index is 4.78. The molecule has 49 valence electrons. The van der Waals surface area contributed by atoms with Crippen LogP contribution in [0.3, 0.4) is 0 Å². The Morgan fingerprint density at radius 2 is 2.67 bits per heavy atom. The number of rotatable bonds is 2. The largest absolute Gasteiger partial charge is 0.377 e. The molecular weight excluding hydrogens is 118 g/mol. The summed E-state index contributed by atoms with van der Waals surface area (Å²) >= 11 is 0. The average Bonchev–Trinajstić information content (AvgIpc) is 2.17. The van der Waals surface area contributed by atoms with E-state index in [0.717, 1.165) is 0 Å². The molecule has 0 saturated carbocycles. The zero-order valence-electron chi connectivity index (χ0n) is 5.26. The van der Waals surface area contributed by atoms with Crippen LogP contribution in [0.25, 0.3) is 0 Å². The molecule has 1 radical (unpaired) electrons. The van der Waals surface area contributed by atoms with Gasteiger partial charge in [-0.3, -0.25) is 0 Å². The van der Waals surface area contributed by atoms with Crippen LogP contribution in [0, 0.1) is 6.92 Å². The second kappa shape index (κ2) is 2.64. The fourth-order valence-electron chi connectivity index (χ4n) is 0.566. The van der Waals surface area contributed by atoms with Gasteiger partial charge in [0.05, 0.1) is 5.69 Å². The van der Waals surface area contributed by atoms with Crippen molar-refractivity contribution in [3.8, 4) is 0 Å². The molecule has 1 heterocycles. The van der Waals surface area contributed by atoms with Crippen molar-refractivity contribution < 1.29 is 9.26 Å². The lowest BCUT2D eigenvalue weighted by Gasteiger charge is -1.86. The molecule has 0 spiro atoms. The van der Waals surface area contributed by atoms with E-state index in [1.54, 1.807) is 13.2 Å². The normalized spacial score (nSPS) is 10.0. The van der Waals surface area contributed by atoms with Gasteiger partial charge in [0.2, 0.25) is 0 Å². The van der Waals surface area contributed by atoms with E-state index >= 15 is 0 Å². The van der Waals surface area contributed by atoms with E-state index in [1.807, 2.05) is 0 Å². The summed E-state index contributed by atoms with van der Waals surface area (Å²) in [5, 5.41) is 3.57. The first-order valence-corrected chi connectivity index (χ1v) is 2.59. The molecule has 1 rings (SSSR count). The predicted molar refractivity (Wildman–Crippen MR) is 31.7 cm³/mol. The Labute approximate surface area is 53.6 Å². The van der Waals surface area contributed by atoms with Gasteiger partial charge in [-0.15, -0.1) is 0 Å². The second-order valence-electron chi connectivity index (χ2n) is 1.72. The highest BCUT2D eigenvalue weighted by atomic mass is 16.5. The smallest absolute Gasteiger partial charge is 0.162 e. The number of methoxy groups -OCH3 is 1. The Bertz CT molecular complexity index is 183. The number of ether oxygens (including phenoxy) is 1. The van der Waals surface area contributed by atoms with E-state index < -0.39 is 0 Å². The molecule has 0 aromatic carbocycles. The molecule has 0 aliphatic carbocycles. The summed E-state index contributed by atoms with van der Waals surface area (Å²) in [6, 6.07) is 1.74. The molecule has 1 aromatic heterocycles. The number of nitrogens with zero attached hydrogens (tertiary/aromatic N) is 1. The summed E-state index contributed by atoms with van der Waals surface area (Å²) in [5.74, 6) is 0.711. The Morgan fingerprint density at radius 1 is 1.89 bits per heavy atom. The van der Waals surface area contributed by atoms with E-state index in [0.29, 0.717) is 18.1 Å². The summed E-state index contributed by atoms with van der Waals surface area (Å²) in [4.78, 5) is 0. The van der Waals surface area contributed by atoms with Crippen LogP contribution in [0.1, 0.15) is 11.5 Å². The minimum atomic E-state index is 0.461. The fourth-order valence-corrected chi connectivity index (χ4v) is 0.566. The van der Waals surface area contributed by atoms with Crippen LogP contribution in [-0.2, 0) is 11.3 Å². The van der Waals surface area contributed by atoms with Crippen LogP contribution < -0.4 is 0 Å². The van der Waals surface area contributed by atoms with Crippen molar-refractivity contribution in [3.05, 3.63) is 24.4 Å². The first-order chi connectivity index (χ1) is 4.33. The van der Waals surface area contributed by atoms with Crippen LogP contribution >= 0.6 is 0 Å². The molecule has 0 aliphatic rings. The predicted octanol–water partition coefficient (Wildman–Crippen LogP) is 1.00. The van der Waals surface area contributed by atoms with Crippen molar-refractivity contribution in [1.82, 2.24) is 5.16 Å². The SMILES string of the molecule is [CH2]c1cc(COC)on1. The maximum atomic E-state index is 4.78. The van der Waals surface area contributed by atoms with Gasteiger partial charge in [-0.2, -0.15) is 0 Å². The van der Waals surface area contributed by atoms with Crippen LogP contribution in [0.15, 0.2) is 10.6 Å². The minimum Gasteiger partial charge on any atom is -0.377 e. The van der Waals surface area contributed by atoms with E-state index in [9.17, 15) is 0 Å². The summed E-state index contributed by atoms with van der Waals surface area (Å²) < 4.78 is 9.55. The van der Waals surface area contributed by atoms with Crippen LogP contribution in [-0.4, -0.2) is 12.3 Å². The molecule has 1 aromatic rings. The highest BCUT2D eigenvalue weighted by Gasteiger charge is 1.96. The molecule has 0 amide bonds. The number of hydrogen-bond donors (Lipinski definition) is 0. The lowest BCUT2D eigenvalue weighted by molar-refractivity contribution is 0.156. The first-order valence-electron chi connectivity index (χ1n) is 2.59. The van der Waals surface area contributed by atoms with E-state index in [-0.39, 0.29) is 0 Å². The van der Waals surface area contributed by atoms with Gasteiger partial charge in [0.25, 0.3) is 0 Å². The van der Waals surface area contributed by atoms with Crippen LogP contribution in [0.5, 0.6) is 0 Å². The van der Waals surface area contributed by atoms with Crippen molar-refractivity contribution in [1.29, 1.82) is 0 Å². The Balaban J connectivity index is 2.61. The molecule has 9 heavy (non-hydrogen) atoms. The standard InChI is InChI=1S/C6H8NO2/c1-5-3-6(4-8-2)9-7-5/h3H,1,4H2,2H3. The molecular formula is C6H8NO2. The zero-order chi connectivity index (χ0) is 6.69. The molecule has 0 saturated heterocycles. The molecule has 0 atom stereocenters. The van der Waals surface area contributed by atoms with Crippen molar-refractivity contribution >= 4 is 0 Å². The van der Waals surface area contributed by atoms with Crippen molar-refractivity contribution in [2.24, 2.45) is 0 Å². The zero-order valence-corrected chi connectivity index (χ0v) is 5.26. The Morgan fingerprint density at radius 3 is 3.11 bits per heavy atom. The van der Waals surface area contributed by atoms with E-state index in [4.69, 9.17) is 9.26 Å². The van der Waals surface area contributed by atoms with Gasteiger partial charge in [-0.05, 0) is 6.92 Å². The van der Waals surface area contributed by atoms with Crippen molar-refractivity contribution in [3.63, 3.8) is 0 Å². The topological polar surface area (TPSA) is 35.3 Å². The molecule has 0 unspecified atom stereocenters. The van der Waals surface area contributed by atoms with Crippen LogP contribution in [0.2, 0.25) is 0 Å². The summed E-state index contributed by atoms with van der Waals surface area (Å²) in [6.07, 6.45) is 0. The third kappa shape index (κ3) is 1.54. The second-order valence-corrected chi connectivity index (χ2v) is 1.72. The minimum absolute atomic E-state index is 0.461. The van der Waals surface area contributed by atoms with Gasteiger partial charge in [0, 0.05) is 13.2 Å². The van der Waals surface area contributed by atoms with Crippen molar-refractivity contribution in [2.75, 3.05) is 7.11 Å². The first kappa shape index (κ1) is 6.29. The molecule has 3 nitrogen and oxygen atoms in total.